The maximum Gasteiger partial charge on any atom is 0.325 e. The molecule has 1 aliphatic heterocycles. The number of aromatic nitrogens is 1. The molecule has 4 nitrogen and oxygen atoms in total. The normalized spacial score (nSPS) is 14.2. The van der Waals surface area contributed by atoms with Gasteiger partial charge in [0.25, 0.3) is 0 Å². The molecule has 2 heterocycles. The summed E-state index contributed by atoms with van der Waals surface area (Å²) in [5.74, 6) is -0.234. The first-order valence-corrected chi connectivity index (χ1v) is 7.72. The number of fused-ring (bicyclic) bond motifs is 3. The lowest BCUT2D eigenvalue weighted by Crippen LogP contribution is -2.25. The smallest absolute Gasteiger partial charge is 0.325 e. The summed E-state index contributed by atoms with van der Waals surface area (Å²) in [6.07, 6.45) is 0.874. The summed E-state index contributed by atoms with van der Waals surface area (Å²) in [5, 5.41) is 5.44. The first-order valence-electron chi connectivity index (χ1n) is 6.97. The lowest BCUT2D eigenvalue weighted by Gasteiger charge is -2.16. The van der Waals surface area contributed by atoms with E-state index in [1.807, 2.05) is 23.6 Å². The molecule has 6 heteroatoms. The van der Waals surface area contributed by atoms with E-state index in [4.69, 9.17) is 27.9 Å². The summed E-state index contributed by atoms with van der Waals surface area (Å²) in [7, 11) is 0. The van der Waals surface area contributed by atoms with Crippen LogP contribution in [-0.4, -0.2) is 23.7 Å². The summed E-state index contributed by atoms with van der Waals surface area (Å²) < 4.78 is 7.08. The lowest BCUT2D eigenvalue weighted by molar-refractivity contribution is -0.143. The average molecular weight is 327 g/mol. The molecule has 1 aromatic carbocycles. The molecule has 0 unspecified atom stereocenters. The zero-order valence-corrected chi connectivity index (χ0v) is 13.2. The SMILES string of the molecule is CCOC(=O)Cn1c2c(c3cc(Cl)c(Cl)cc31)CNCC2. The molecular weight excluding hydrogens is 311 g/mol. The van der Waals surface area contributed by atoms with E-state index >= 15 is 0 Å². The molecular formula is C15H16Cl2N2O2. The van der Waals surface area contributed by atoms with Crippen LogP contribution in [0.2, 0.25) is 10.0 Å². The summed E-state index contributed by atoms with van der Waals surface area (Å²) >= 11 is 12.3. The van der Waals surface area contributed by atoms with Crippen LogP contribution in [0.1, 0.15) is 18.2 Å². The minimum atomic E-state index is -0.234. The molecule has 21 heavy (non-hydrogen) atoms. The van der Waals surface area contributed by atoms with E-state index in [-0.39, 0.29) is 12.5 Å². The largest absolute Gasteiger partial charge is 0.465 e. The molecule has 2 aromatic rings. The van der Waals surface area contributed by atoms with Gasteiger partial charge in [0.2, 0.25) is 0 Å². The van der Waals surface area contributed by atoms with Gasteiger partial charge < -0.3 is 14.6 Å². The number of nitrogens with zero attached hydrogens (tertiary/aromatic N) is 1. The molecule has 0 saturated heterocycles. The number of carbonyl (C=O) groups is 1. The molecule has 112 valence electrons. The number of nitrogens with one attached hydrogen (secondary N) is 1. The Balaban J connectivity index is 2.16. The zero-order valence-electron chi connectivity index (χ0n) is 11.7. The minimum absolute atomic E-state index is 0.206. The highest BCUT2D eigenvalue weighted by Gasteiger charge is 2.22. The Morgan fingerprint density at radius 2 is 2.14 bits per heavy atom. The highest BCUT2D eigenvalue weighted by atomic mass is 35.5. The van der Waals surface area contributed by atoms with E-state index in [1.165, 1.54) is 5.56 Å². The van der Waals surface area contributed by atoms with Gasteiger partial charge in [0, 0.05) is 30.6 Å². The number of hydrogen-bond acceptors (Lipinski definition) is 3. The van der Waals surface area contributed by atoms with Gasteiger partial charge in [-0.2, -0.15) is 0 Å². The first-order chi connectivity index (χ1) is 10.1. The third-order valence-corrected chi connectivity index (χ3v) is 4.48. The zero-order chi connectivity index (χ0) is 15.0. The first kappa shape index (κ1) is 14.7. The van der Waals surface area contributed by atoms with Crippen LogP contribution in [0.5, 0.6) is 0 Å². The topological polar surface area (TPSA) is 43.3 Å². The molecule has 1 N–H and O–H groups in total. The highest BCUT2D eigenvalue weighted by molar-refractivity contribution is 6.42. The fourth-order valence-electron chi connectivity index (χ4n) is 2.88. The van der Waals surface area contributed by atoms with Gasteiger partial charge in [-0.05, 0) is 24.6 Å². The van der Waals surface area contributed by atoms with Gasteiger partial charge in [0.05, 0.1) is 22.2 Å². The Labute approximate surface area is 133 Å². The van der Waals surface area contributed by atoms with Crippen molar-refractivity contribution in [3.05, 3.63) is 33.4 Å². The van der Waals surface area contributed by atoms with Gasteiger partial charge >= 0.3 is 5.97 Å². The molecule has 0 amide bonds. The third-order valence-electron chi connectivity index (χ3n) is 3.76. The van der Waals surface area contributed by atoms with Gasteiger partial charge in [-0.15, -0.1) is 0 Å². The third kappa shape index (κ3) is 2.63. The van der Waals surface area contributed by atoms with Gasteiger partial charge in [-0.1, -0.05) is 23.2 Å². The number of carbonyl (C=O) groups excluding carboxylic acids is 1. The van der Waals surface area contributed by atoms with Crippen LogP contribution in [0.3, 0.4) is 0 Å². The Morgan fingerprint density at radius 1 is 1.38 bits per heavy atom. The lowest BCUT2D eigenvalue weighted by atomic mass is 10.1. The predicted octanol–water partition coefficient (Wildman–Crippen LogP) is 3.16. The number of rotatable bonds is 3. The standard InChI is InChI=1S/C15H16Cl2N2O2/c1-2-21-15(20)8-19-13-3-4-18-7-10(13)9-5-11(16)12(17)6-14(9)19/h5-6,18H,2-4,7-8H2,1H3. The Bertz CT molecular complexity index is 709. The van der Waals surface area contributed by atoms with E-state index in [0.29, 0.717) is 16.7 Å². The predicted molar refractivity (Wildman–Crippen MR) is 84.0 cm³/mol. The summed E-state index contributed by atoms with van der Waals surface area (Å²) in [5.41, 5.74) is 3.29. The van der Waals surface area contributed by atoms with E-state index in [1.54, 1.807) is 0 Å². The molecule has 1 aromatic heterocycles. The number of halogens is 2. The fourth-order valence-corrected chi connectivity index (χ4v) is 3.21. The van der Waals surface area contributed by atoms with Crippen LogP contribution >= 0.6 is 23.2 Å². The summed E-state index contributed by atoms with van der Waals surface area (Å²) in [6.45, 7) is 4.07. The number of ether oxygens (including phenoxy) is 1. The molecule has 0 aliphatic carbocycles. The molecule has 3 rings (SSSR count). The van der Waals surface area contributed by atoms with E-state index < -0.39 is 0 Å². The van der Waals surface area contributed by atoms with Crippen LogP contribution in [0.4, 0.5) is 0 Å². The molecule has 0 radical (unpaired) electrons. The second-order valence-electron chi connectivity index (χ2n) is 5.03. The van der Waals surface area contributed by atoms with Crippen molar-refractivity contribution >= 4 is 40.1 Å². The van der Waals surface area contributed by atoms with Crippen molar-refractivity contribution in [1.29, 1.82) is 0 Å². The Morgan fingerprint density at radius 3 is 2.90 bits per heavy atom. The van der Waals surface area contributed by atoms with Crippen LogP contribution in [0.25, 0.3) is 10.9 Å². The molecule has 0 spiro atoms. The fraction of sp³-hybridized carbons (Fsp3) is 0.400. The summed E-state index contributed by atoms with van der Waals surface area (Å²) in [4.78, 5) is 11.9. The molecule has 1 aliphatic rings. The van der Waals surface area contributed by atoms with Crippen molar-refractivity contribution < 1.29 is 9.53 Å². The van der Waals surface area contributed by atoms with Crippen LogP contribution in [-0.2, 0) is 29.0 Å². The van der Waals surface area contributed by atoms with Gasteiger partial charge in [-0.3, -0.25) is 4.79 Å². The van der Waals surface area contributed by atoms with Crippen molar-refractivity contribution in [2.75, 3.05) is 13.2 Å². The molecule has 0 saturated carbocycles. The van der Waals surface area contributed by atoms with E-state index in [2.05, 4.69) is 5.32 Å². The van der Waals surface area contributed by atoms with Crippen LogP contribution in [0, 0.1) is 0 Å². The highest BCUT2D eigenvalue weighted by Crippen LogP contribution is 2.34. The maximum absolute atomic E-state index is 11.9. The monoisotopic (exact) mass is 326 g/mol. The molecule has 0 fully saturated rings. The maximum atomic E-state index is 11.9. The van der Waals surface area contributed by atoms with E-state index in [0.717, 1.165) is 36.1 Å². The van der Waals surface area contributed by atoms with Crippen LogP contribution in [0.15, 0.2) is 12.1 Å². The van der Waals surface area contributed by atoms with Gasteiger partial charge in [0.1, 0.15) is 6.54 Å². The molecule has 0 bridgehead atoms. The van der Waals surface area contributed by atoms with Crippen molar-refractivity contribution in [2.45, 2.75) is 26.4 Å². The van der Waals surface area contributed by atoms with E-state index in [9.17, 15) is 4.79 Å². The number of esters is 1. The van der Waals surface area contributed by atoms with Gasteiger partial charge in [0.15, 0.2) is 0 Å². The average Bonchev–Trinajstić information content (AvgIpc) is 2.74. The van der Waals surface area contributed by atoms with Crippen molar-refractivity contribution in [3.8, 4) is 0 Å². The molecule has 0 atom stereocenters. The minimum Gasteiger partial charge on any atom is -0.465 e. The summed E-state index contributed by atoms with van der Waals surface area (Å²) in [6, 6.07) is 3.71. The van der Waals surface area contributed by atoms with Crippen molar-refractivity contribution in [2.24, 2.45) is 0 Å². The Kier molecular flexibility index (Phi) is 4.11. The second kappa shape index (κ2) is 5.87. The van der Waals surface area contributed by atoms with Crippen LogP contribution < -0.4 is 5.32 Å². The Hall–Kier alpha value is -1.23. The van der Waals surface area contributed by atoms with Crippen molar-refractivity contribution in [3.63, 3.8) is 0 Å². The number of hydrogen-bond donors (Lipinski definition) is 1. The quantitative estimate of drug-likeness (QED) is 0.881. The van der Waals surface area contributed by atoms with Gasteiger partial charge in [-0.25, -0.2) is 0 Å². The second-order valence-corrected chi connectivity index (χ2v) is 5.84. The van der Waals surface area contributed by atoms with Crippen molar-refractivity contribution in [1.82, 2.24) is 9.88 Å². The number of benzene rings is 1.